The molecule has 0 amide bonds. The number of benzene rings is 1. The number of rotatable bonds is 8. The van der Waals surface area contributed by atoms with Crippen molar-refractivity contribution in [2.24, 2.45) is 10.9 Å². The molecule has 2 heterocycles. The molecule has 2 atom stereocenters. The summed E-state index contributed by atoms with van der Waals surface area (Å²) in [5.41, 5.74) is 2.33. The Morgan fingerprint density at radius 2 is 1.97 bits per heavy atom. The Labute approximate surface area is 188 Å². The van der Waals surface area contributed by atoms with Crippen LogP contribution in [0.5, 0.6) is 11.5 Å². The molecule has 1 fully saturated rings. The van der Waals surface area contributed by atoms with Gasteiger partial charge in [-0.1, -0.05) is 13.8 Å². The number of nitrogens with zero attached hydrogens (tertiary/aromatic N) is 3. The molecule has 31 heavy (non-hydrogen) atoms. The van der Waals surface area contributed by atoms with Crippen molar-refractivity contribution >= 4 is 5.96 Å². The summed E-state index contributed by atoms with van der Waals surface area (Å²) in [4.78, 5) is 9.46. The highest BCUT2D eigenvalue weighted by molar-refractivity contribution is 5.79. The number of hydrogen-bond acceptors (Lipinski definition) is 5. The molecule has 0 spiro atoms. The molecule has 7 heteroatoms. The monoisotopic (exact) mass is 431 g/mol. The van der Waals surface area contributed by atoms with Gasteiger partial charge in [0.2, 0.25) is 0 Å². The summed E-state index contributed by atoms with van der Waals surface area (Å²) in [7, 11) is 4.03. The van der Waals surface area contributed by atoms with Gasteiger partial charge in [-0.05, 0) is 38.9 Å². The van der Waals surface area contributed by atoms with E-state index in [-0.39, 0.29) is 6.10 Å². The van der Waals surface area contributed by atoms with Gasteiger partial charge in [0.25, 0.3) is 0 Å². The van der Waals surface area contributed by atoms with E-state index in [2.05, 4.69) is 65.4 Å². The summed E-state index contributed by atoms with van der Waals surface area (Å²) >= 11 is 0. The molecular weight excluding hydrogens is 390 g/mol. The van der Waals surface area contributed by atoms with Gasteiger partial charge in [0.1, 0.15) is 17.6 Å². The molecule has 0 bridgehead atoms. The van der Waals surface area contributed by atoms with Crippen molar-refractivity contribution in [3.63, 3.8) is 0 Å². The molecule has 2 aliphatic heterocycles. The number of nitrogens with one attached hydrogen (secondary N) is 2. The first-order valence-corrected chi connectivity index (χ1v) is 11.7. The first kappa shape index (κ1) is 23.7. The fourth-order valence-electron chi connectivity index (χ4n) is 4.45. The van der Waals surface area contributed by atoms with E-state index < -0.39 is 0 Å². The third-order valence-corrected chi connectivity index (χ3v) is 6.30. The van der Waals surface area contributed by atoms with Gasteiger partial charge in [-0.25, -0.2) is 0 Å². The standard InChI is InChI=1S/C24H41N5O2/c1-7-30-22-13-19-12-18(4)31-23(19)14-20(22)15-26-24(25-5)27-16-21(17(2)3)29-10-8-28(6)9-11-29/h13-14,17-18,21H,7-12,15-16H2,1-6H3,(H2,25,26,27). The van der Waals surface area contributed by atoms with Crippen LogP contribution >= 0.6 is 0 Å². The van der Waals surface area contributed by atoms with Crippen molar-refractivity contribution in [3.8, 4) is 11.5 Å². The average Bonchev–Trinajstić information content (AvgIpc) is 3.10. The minimum Gasteiger partial charge on any atom is -0.494 e. The van der Waals surface area contributed by atoms with Crippen LogP contribution in [0, 0.1) is 5.92 Å². The summed E-state index contributed by atoms with van der Waals surface area (Å²) in [5, 5.41) is 7.02. The quantitative estimate of drug-likeness (QED) is 0.487. The van der Waals surface area contributed by atoms with Crippen molar-refractivity contribution in [2.45, 2.75) is 52.8 Å². The average molecular weight is 432 g/mol. The van der Waals surface area contributed by atoms with Gasteiger partial charge in [-0.2, -0.15) is 0 Å². The molecule has 1 aromatic rings. The highest BCUT2D eigenvalue weighted by Gasteiger charge is 2.25. The molecule has 7 nitrogen and oxygen atoms in total. The predicted molar refractivity (Wildman–Crippen MR) is 127 cm³/mol. The highest BCUT2D eigenvalue weighted by Crippen LogP contribution is 2.35. The second-order valence-corrected chi connectivity index (χ2v) is 9.09. The lowest BCUT2D eigenvalue weighted by Crippen LogP contribution is -2.55. The van der Waals surface area contributed by atoms with Crippen molar-refractivity contribution < 1.29 is 9.47 Å². The third kappa shape index (κ3) is 6.26. The maximum absolute atomic E-state index is 5.96. The van der Waals surface area contributed by atoms with Crippen LogP contribution in [0.3, 0.4) is 0 Å². The van der Waals surface area contributed by atoms with Gasteiger partial charge in [0.15, 0.2) is 5.96 Å². The summed E-state index contributed by atoms with van der Waals surface area (Å²) in [6.45, 7) is 15.4. The Balaban J connectivity index is 1.59. The molecule has 0 aromatic heterocycles. The Morgan fingerprint density at radius 3 is 2.61 bits per heavy atom. The lowest BCUT2D eigenvalue weighted by Gasteiger charge is -2.40. The summed E-state index contributed by atoms with van der Waals surface area (Å²) < 4.78 is 11.9. The van der Waals surface area contributed by atoms with Gasteiger partial charge in [0.05, 0.1) is 6.61 Å². The van der Waals surface area contributed by atoms with E-state index in [1.807, 2.05) is 14.0 Å². The van der Waals surface area contributed by atoms with Crippen LogP contribution in [0.4, 0.5) is 0 Å². The number of piperazine rings is 1. The Bertz CT molecular complexity index is 744. The number of hydrogen-bond donors (Lipinski definition) is 2. The van der Waals surface area contributed by atoms with Crippen molar-refractivity contribution in [1.82, 2.24) is 20.4 Å². The molecule has 3 rings (SSSR count). The highest BCUT2D eigenvalue weighted by atomic mass is 16.5. The van der Waals surface area contributed by atoms with E-state index in [9.17, 15) is 0 Å². The molecule has 1 aromatic carbocycles. The van der Waals surface area contributed by atoms with E-state index in [1.165, 1.54) is 5.56 Å². The maximum atomic E-state index is 5.96. The van der Waals surface area contributed by atoms with Gasteiger partial charge in [-0.3, -0.25) is 9.89 Å². The van der Waals surface area contributed by atoms with Crippen LogP contribution < -0.4 is 20.1 Å². The Kier molecular flexibility index (Phi) is 8.43. The van der Waals surface area contributed by atoms with E-state index in [1.54, 1.807) is 0 Å². The Hall–Kier alpha value is -1.99. The molecular formula is C24H41N5O2. The van der Waals surface area contributed by atoms with Gasteiger partial charge in [0, 0.05) is 69.9 Å². The topological polar surface area (TPSA) is 61.4 Å². The molecule has 2 aliphatic rings. The Morgan fingerprint density at radius 1 is 1.23 bits per heavy atom. The molecule has 0 saturated carbocycles. The molecule has 2 N–H and O–H groups in total. The molecule has 0 aliphatic carbocycles. The number of guanidine groups is 1. The van der Waals surface area contributed by atoms with E-state index in [0.29, 0.717) is 25.1 Å². The fourth-order valence-corrected chi connectivity index (χ4v) is 4.45. The van der Waals surface area contributed by atoms with Gasteiger partial charge < -0.3 is 25.0 Å². The first-order valence-electron chi connectivity index (χ1n) is 11.7. The van der Waals surface area contributed by atoms with Crippen LogP contribution in [0.2, 0.25) is 0 Å². The second kappa shape index (κ2) is 11.0. The smallest absolute Gasteiger partial charge is 0.191 e. The summed E-state index contributed by atoms with van der Waals surface area (Å²) in [6.07, 6.45) is 1.17. The molecule has 1 saturated heterocycles. The van der Waals surface area contributed by atoms with E-state index in [4.69, 9.17) is 9.47 Å². The predicted octanol–water partition coefficient (Wildman–Crippen LogP) is 2.35. The zero-order valence-electron chi connectivity index (χ0n) is 20.2. The zero-order chi connectivity index (χ0) is 22.4. The maximum Gasteiger partial charge on any atom is 0.191 e. The normalized spacial score (nSPS) is 21.0. The van der Waals surface area contributed by atoms with Crippen LogP contribution in [-0.2, 0) is 13.0 Å². The third-order valence-electron chi connectivity index (χ3n) is 6.30. The van der Waals surface area contributed by atoms with E-state index >= 15 is 0 Å². The first-order chi connectivity index (χ1) is 14.9. The lowest BCUT2D eigenvalue weighted by molar-refractivity contribution is 0.0900. The molecule has 174 valence electrons. The van der Waals surface area contributed by atoms with Crippen molar-refractivity contribution in [3.05, 3.63) is 23.3 Å². The SMILES string of the molecule is CCOc1cc2c(cc1CNC(=NC)NCC(C(C)C)N1CCN(C)CC1)OC(C)C2. The van der Waals surface area contributed by atoms with Crippen LogP contribution in [0.1, 0.15) is 38.8 Å². The lowest BCUT2D eigenvalue weighted by atomic mass is 10.0. The van der Waals surface area contributed by atoms with Crippen LogP contribution in [-0.4, -0.2) is 81.3 Å². The summed E-state index contributed by atoms with van der Waals surface area (Å²) in [6, 6.07) is 4.74. The zero-order valence-corrected chi connectivity index (χ0v) is 20.2. The summed E-state index contributed by atoms with van der Waals surface area (Å²) in [5.74, 6) is 3.30. The number of ether oxygens (including phenoxy) is 2. The second-order valence-electron chi connectivity index (χ2n) is 9.09. The largest absolute Gasteiger partial charge is 0.494 e. The molecule has 2 unspecified atom stereocenters. The van der Waals surface area contributed by atoms with E-state index in [0.717, 1.165) is 62.2 Å². The van der Waals surface area contributed by atoms with Crippen LogP contribution in [0.15, 0.2) is 17.1 Å². The van der Waals surface area contributed by atoms with Gasteiger partial charge >= 0.3 is 0 Å². The number of aliphatic imine (C=N–C) groups is 1. The van der Waals surface area contributed by atoms with Gasteiger partial charge in [-0.15, -0.1) is 0 Å². The van der Waals surface area contributed by atoms with Crippen molar-refractivity contribution in [1.29, 1.82) is 0 Å². The minimum atomic E-state index is 0.227. The minimum absolute atomic E-state index is 0.227. The number of likely N-dealkylation sites (N-methyl/N-ethyl adjacent to an activating group) is 1. The van der Waals surface area contributed by atoms with Crippen molar-refractivity contribution in [2.75, 3.05) is 53.4 Å². The van der Waals surface area contributed by atoms with Crippen LogP contribution in [0.25, 0.3) is 0 Å². The number of fused-ring (bicyclic) bond motifs is 1. The fraction of sp³-hybridized carbons (Fsp3) is 0.708. The molecule has 0 radical (unpaired) electrons.